The smallest absolute Gasteiger partial charge is 0.236 e. The van der Waals surface area contributed by atoms with Gasteiger partial charge >= 0.3 is 0 Å². The normalized spacial score (nSPS) is 38.6. The molecular weight excluding hydrogens is 278 g/mol. The molecule has 22 heavy (non-hydrogen) atoms. The minimum Gasteiger partial charge on any atom is -0.340 e. The highest BCUT2D eigenvalue weighted by Crippen LogP contribution is 2.56. The minimum atomic E-state index is 0.200. The minimum absolute atomic E-state index is 0.200. The summed E-state index contributed by atoms with van der Waals surface area (Å²) in [5, 5.41) is 3.13. The number of nitrogens with one attached hydrogen (secondary N) is 1. The number of nitrogens with zero attached hydrogens (tertiary/aromatic N) is 2. The molecule has 0 aromatic heterocycles. The highest BCUT2D eigenvalue weighted by Gasteiger charge is 2.56. The van der Waals surface area contributed by atoms with Crippen LogP contribution in [0.1, 0.15) is 38.5 Å². The Balaban J connectivity index is 1.38. The van der Waals surface area contributed by atoms with Crippen molar-refractivity contribution in [3.8, 4) is 0 Å². The van der Waals surface area contributed by atoms with Gasteiger partial charge in [-0.15, -0.1) is 0 Å². The van der Waals surface area contributed by atoms with Crippen LogP contribution in [0.2, 0.25) is 0 Å². The predicted octanol–water partition coefficient (Wildman–Crippen LogP) is 0.845. The molecule has 0 aromatic carbocycles. The SMILES string of the molecule is O=C(C1C2CCCCC21)N1CCCC(N2CCNCC2=O)C1. The van der Waals surface area contributed by atoms with Crippen molar-refractivity contribution in [2.45, 2.75) is 44.6 Å². The van der Waals surface area contributed by atoms with E-state index >= 15 is 0 Å². The van der Waals surface area contributed by atoms with Gasteiger partial charge in [-0.05, 0) is 37.5 Å². The van der Waals surface area contributed by atoms with Crippen molar-refractivity contribution in [2.24, 2.45) is 17.8 Å². The number of rotatable bonds is 2. The fraction of sp³-hybridized carbons (Fsp3) is 0.882. The van der Waals surface area contributed by atoms with E-state index < -0.39 is 0 Å². The summed E-state index contributed by atoms with van der Waals surface area (Å²) in [5.74, 6) is 2.28. The Morgan fingerprint density at radius 3 is 2.55 bits per heavy atom. The zero-order valence-electron chi connectivity index (χ0n) is 13.3. The maximum absolute atomic E-state index is 12.8. The first-order valence-electron chi connectivity index (χ1n) is 9.04. The van der Waals surface area contributed by atoms with E-state index in [4.69, 9.17) is 0 Å². The van der Waals surface area contributed by atoms with Crippen LogP contribution in [-0.4, -0.2) is 60.4 Å². The molecule has 4 aliphatic rings. The zero-order chi connectivity index (χ0) is 15.1. The molecule has 2 saturated heterocycles. The molecule has 2 heterocycles. The average molecular weight is 305 g/mol. The fourth-order valence-electron chi connectivity index (χ4n) is 4.99. The summed E-state index contributed by atoms with van der Waals surface area (Å²) < 4.78 is 0. The van der Waals surface area contributed by atoms with Crippen molar-refractivity contribution in [3.05, 3.63) is 0 Å². The lowest BCUT2D eigenvalue weighted by Gasteiger charge is -2.41. The van der Waals surface area contributed by atoms with Crippen LogP contribution in [0, 0.1) is 17.8 Å². The molecule has 0 spiro atoms. The fourth-order valence-corrected chi connectivity index (χ4v) is 4.99. The third kappa shape index (κ3) is 2.53. The van der Waals surface area contributed by atoms with Gasteiger partial charge in [-0.3, -0.25) is 9.59 Å². The van der Waals surface area contributed by atoms with Gasteiger partial charge in [0.2, 0.25) is 11.8 Å². The number of piperidine rings is 1. The number of hydrogen-bond acceptors (Lipinski definition) is 3. The molecule has 5 heteroatoms. The lowest BCUT2D eigenvalue weighted by atomic mass is 10.0. The second-order valence-electron chi connectivity index (χ2n) is 7.48. The van der Waals surface area contributed by atoms with E-state index in [0.717, 1.165) is 39.0 Å². The maximum atomic E-state index is 12.8. The van der Waals surface area contributed by atoms with Gasteiger partial charge in [-0.1, -0.05) is 12.8 Å². The topological polar surface area (TPSA) is 52.7 Å². The molecule has 3 unspecified atom stereocenters. The predicted molar refractivity (Wildman–Crippen MR) is 83.1 cm³/mol. The average Bonchev–Trinajstić information content (AvgIpc) is 3.29. The Kier molecular flexibility index (Phi) is 3.84. The van der Waals surface area contributed by atoms with Gasteiger partial charge in [0.15, 0.2) is 0 Å². The maximum Gasteiger partial charge on any atom is 0.236 e. The first kappa shape index (κ1) is 14.5. The van der Waals surface area contributed by atoms with Gasteiger partial charge in [0.25, 0.3) is 0 Å². The first-order valence-corrected chi connectivity index (χ1v) is 9.04. The Hall–Kier alpha value is -1.10. The molecule has 1 N–H and O–H groups in total. The van der Waals surface area contributed by atoms with Crippen molar-refractivity contribution in [2.75, 3.05) is 32.7 Å². The molecule has 2 aliphatic heterocycles. The van der Waals surface area contributed by atoms with Gasteiger partial charge < -0.3 is 15.1 Å². The monoisotopic (exact) mass is 305 g/mol. The van der Waals surface area contributed by atoms with Gasteiger partial charge in [0.05, 0.1) is 6.54 Å². The van der Waals surface area contributed by atoms with E-state index in [-0.39, 0.29) is 11.9 Å². The third-order valence-corrected chi connectivity index (χ3v) is 6.22. The summed E-state index contributed by atoms with van der Waals surface area (Å²) in [4.78, 5) is 29.0. The second kappa shape index (κ2) is 5.84. The Morgan fingerprint density at radius 2 is 1.82 bits per heavy atom. The highest BCUT2D eigenvalue weighted by molar-refractivity contribution is 5.83. The molecule has 4 rings (SSSR count). The van der Waals surface area contributed by atoms with Crippen molar-refractivity contribution in [3.63, 3.8) is 0 Å². The molecule has 5 nitrogen and oxygen atoms in total. The summed E-state index contributed by atoms with van der Waals surface area (Å²) in [6.07, 6.45) is 7.22. The Morgan fingerprint density at radius 1 is 1.05 bits per heavy atom. The number of piperazine rings is 1. The zero-order valence-corrected chi connectivity index (χ0v) is 13.3. The molecule has 2 aliphatic carbocycles. The van der Waals surface area contributed by atoms with Gasteiger partial charge in [-0.25, -0.2) is 0 Å². The number of carbonyl (C=O) groups excluding carboxylic acids is 2. The van der Waals surface area contributed by atoms with Crippen molar-refractivity contribution in [1.29, 1.82) is 0 Å². The van der Waals surface area contributed by atoms with Crippen LogP contribution in [0.25, 0.3) is 0 Å². The number of hydrogen-bond donors (Lipinski definition) is 1. The van der Waals surface area contributed by atoms with Gasteiger partial charge in [0.1, 0.15) is 0 Å². The van der Waals surface area contributed by atoms with Crippen molar-refractivity contribution < 1.29 is 9.59 Å². The largest absolute Gasteiger partial charge is 0.340 e. The number of likely N-dealkylation sites (tertiary alicyclic amines) is 1. The lowest BCUT2D eigenvalue weighted by molar-refractivity contribution is -0.141. The van der Waals surface area contributed by atoms with E-state index in [2.05, 4.69) is 10.2 Å². The standard InChI is InChI=1S/C17H27N3O2/c21-15-10-18-7-9-20(15)12-4-3-8-19(11-12)17(22)16-13-5-1-2-6-14(13)16/h12-14,16,18H,1-11H2. The van der Waals surface area contributed by atoms with E-state index in [1.54, 1.807) is 0 Å². The summed E-state index contributed by atoms with van der Waals surface area (Å²) >= 11 is 0. The lowest BCUT2D eigenvalue weighted by Crippen LogP contribution is -2.57. The molecular formula is C17H27N3O2. The summed E-state index contributed by atoms with van der Waals surface area (Å²) in [6.45, 7) is 3.78. The number of carbonyl (C=O) groups is 2. The van der Waals surface area contributed by atoms with Gasteiger partial charge in [-0.2, -0.15) is 0 Å². The van der Waals surface area contributed by atoms with Crippen LogP contribution in [-0.2, 0) is 9.59 Å². The first-order chi connectivity index (χ1) is 10.8. The molecule has 0 bridgehead atoms. The van der Waals surface area contributed by atoms with Crippen LogP contribution in [0.15, 0.2) is 0 Å². The summed E-state index contributed by atoms with van der Waals surface area (Å²) in [6, 6.07) is 0.244. The molecule has 0 aromatic rings. The van der Waals surface area contributed by atoms with E-state index in [9.17, 15) is 9.59 Å². The summed E-state index contributed by atoms with van der Waals surface area (Å²) in [5.41, 5.74) is 0. The van der Waals surface area contributed by atoms with Crippen LogP contribution in [0.4, 0.5) is 0 Å². The second-order valence-corrected chi connectivity index (χ2v) is 7.48. The van der Waals surface area contributed by atoms with E-state index in [1.165, 1.54) is 25.7 Å². The van der Waals surface area contributed by atoms with E-state index in [0.29, 0.717) is 30.2 Å². The molecule has 2 saturated carbocycles. The molecule has 4 fully saturated rings. The highest BCUT2D eigenvalue weighted by atomic mass is 16.2. The summed E-state index contributed by atoms with van der Waals surface area (Å²) in [7, 11) is 0. The Bertz CT molecular complexity index is 455. The van der Waals surface area contributed by atoms with Crippen LogP contribution in [0.5, 0.6) is 0 Å². The number of fused-ring (bicyclic) bond motifs is 1. The van der Waals surface area contributed by atoms with Crippen molar-refractivity contribution in [1.82, 2.24) is 15.1 Å². The third-order valence-electron chi connectivity index (χ3n) is 6.22. The van der Waals surface area contributed by atoms with Crippen molar-refractivity contribution >= 4 is 11.8 Å². The van der Waals surface area contributed by atoms with Crippen LogP contribution >= 0.6 is 0 Å². The van der Waals surface area contributed by atoms with Crippen LogP contribution < -0.4 is 5.32 Å². The van der Waals surface area contributed by atoms with E-state index in [1.807, 2.05) is 4.90 Å². The Labute approximate surface area is 132 Å². The molecule has 122 valence electrons. The van der Waals surface area contributed by atoms with Gasteiger partial charge in [0, 0.05) is 38.1 Å². The van der Waals surface area contributed by atoms with Crippen LogP contribution in [0.3, 0.4) is 0 Å². The molecule has 3 atom stereocenters. The number of amides is 2. The quantitative estimate of drug-likeness (QED) is 0.823. The molecule has 2 amide bonds. The molecule has 0 radical (unpaired) electrons.